The van der Waals surface area contributed by atoms with E-state index in [2.05, 4.69) is 67.7 Å². The second-order valence-electron chi connectivity index (χ2n) is 18.3. The van der Waals surface area contributed by atoms with E-state index in [1.54, 1.807) is 51.6 Å². The van der Waals surface area contributed by atoms with Gasteiger partial charge in [0.25, 0.3) is 0 Å². The number of rotatable bonds is 18. The first-order chi connectivity index (χ1) is 32.8. The highest BCUT2D eigenvalue weighted by molar-refractivity contribution is 5.95. The van der Waals surface area contributed by atoms with Gasteiger partial charge in [-0.25, -0.2) is 0 Å². The predicted octanol–water partition coefficient (Wildman–Crippen LogP) is 2.36. The fourth-order valence-electron chi connectivity index (χ4n) is 9.58. The first-order valence-corrected chi connectivity index (χ1v) is 24.3. The Balaban J connectivity index is 1.04. The summed E-state index contributed by atoms with van der Waals surface area (Å²) >= 11 is 0. The smallest absolute Gasteiger partial charge is 0.248 e. The van der Waals surface area contributed by atoms with Gasteiger partial charge in [-0.05, 0) is 140 Å². The van der Waals surface area contributed by atoms with Crippen molar-refractivity contribution in [2.45, 2.75) is 152 Å². The van der Waals surface area contributed by atoms with Crippen LogP contribution in [0.1, 0.15) is 113 Å². The molecule has 4 unspecified atom stereocenters. The lowest BCUT2D eigenvalue weighted by Gasteiger charge is -2.33. The van der Waals surface area contributed by atoms with E-state index in [-0.39, 0.29) is 37.1 Å². The molecule has 0 spiro atoms. The zero-order chi connectivity index (χ0) is 48.7. The standard InChI is InChI=1S/C52H70N8O8/c1-33(53-5)47(61)57-45(51(65)59-29-17-27-43(59)49(63)55-41-25-15-21-37-19-9-11-23-39(37)41)35(3)67-31-13-7-8-14-32-68-36(4)46(58-48(62)34(2)54-6)52(66)60-30-18-28-44(60)50(64)56-42-26-16-22-38-20-10-12-24-40(38)42/h9-12,19-20,23-24,33-36,41-46,53-54H,15-18,21-22,25-32H2,1-6H3,(H,55,63)(H,56,64)(H,57,61)(H,58,62)/t33-,34-,35?,36?,41+,42+,43?,44?,45-,46-/m0/s1. The van der Waals surface area contributed by atoms with E-state index in [9.17, 15) is 28.8 Å². The third-order valence-corrected chi connectivity index (χ3v) is 13.8. The van der Waals surface area contributed by atoms with E-state index in [0.717, 1.165) is 49.7 Å². The Morgan fingerprint density at radius 2 is 0.985 bits per heavy atom. The minimum Gasteiger partial charge on any atom is -0.363 e. The second kappa shape index (κ2) is 25.0. The maximum Gasteiger partial charge on any atom is 0.248 e. The molecule has 6 N–H and O–H groups in total. The molecule has 2 aromatic carbocycles. The molecule has 4 aliphatic rings. The molecule has 0 saturated carbocycles. The minimum atomic E-state index is -1.09. The summed E-state index contributed by atoms with van der Waals surface area (Å²) in [4.78, 5) is 85.3. The summed E-state index contributed by atoms with van der Waals surface area (Å²) in [5.41, 5.74) is 4.67. The molecule has 2 aliphatic heterocycles. The van der Waals surface area contributed by atoms with Crippen LogP contribution in [0.3, 0.4) is 0 Å². The van der Waals surface area contributed by atoms with E-state index in [1.807, 2.05) is 36.4 Å². The molecule has 2 fully saturated rings. The largest absolute Gasteiger partial charge is 0.363 e. The Hall–Kier alpha value is -5.78. The van der Waals surface area contributed by atoms with Crippen LogP contribution in [-0.4, -0.2) is 134 Å². The quantitative estimate of drug-likeness (QED) is 0.121. The molecule has 0 radical (unpaired) electrons. The zero-order valence-corrected chi connectivity index (χ0v) is 40.5. The number of likely N-dealkylation sites (N-methyl/N-ethyl adjacent to an activating group) is 2. The van der Waals surface area contributed by atoms with Crippen LogP contribution in [0.25, 0.3) is 0 Å². The maximum atomic E-state index is 14.2. The van der Waals surface area contributed by atoms with Crippen molar-refractivity contribution < 1.29 is 38.2 Å². The van der Waals surface area contributed by atoms with Crippen LogP contribution < -0.4 is 31.9 Å². The number of aryl methyl sites for hydroxylation is 2. The first kappa shape index (κ1) is 51.6. The summed E-state index contributed by atoms with van der Waals surface area (Å²) in [5, 5.41) is 17.9. The van der Waals surface area contributed by atoms with Gasteiger partial charge in [0, 0.05) is 13.1 Å². The lowest BCUT2D eigenvalue weighted by atomic mass is 9.87. The summed E-state index contributed by atoms with van der Waals surface area (Å²) in [6, 6.07) is 11.3. The van der Waals surface area contributed by atoms with Crippen LogP contribution in [0.2, 0.25) is 0 Å². The highest BCUT2D eigenvalue weighted by atomic mass is 16.5. The van der Waals surface area contributed by atoms with E-state index in [0.29, 0.717) is 38.8 Å². The van der Waals surface area contributed by atoms with E-state index >= 15 is 0 Å². The maximum absolute atomic E-state index is 14.2. The molecule has 6 rings (SSSR count). The Kier molecular flexibility index (Phi) is 19.0. The van der Waals surface area contributed by atoms with Gasteiger partial charge in [0.15, 0.2) is 0 Å². The van der Waals surface area contributed by atoms with Gasteiger partial charge in [-0.1, -0.05) is 60.4 Å². The molecular formula is C52H70N8O8. The number of hydrogen-bond donors (Lipinski definition) is 6. The van der Waals surface area contributed by atoms with E-state index < -0.39 is 72.1 Å². The zero-order valence-electron chi connectivity index (χ0n) is 40.5. The number of benzene rings is 2. The van der Waals surface area contributed by atoms with Crippen molar-refractivity contribution in [2.24, 2.45) is 0 Å². The number of fused-ring (bicyclic) bond motifs is 2. The van der Waals surface area contributed by atoms with E-state index in [1.165, 1.54) is 11.1 Å². The Morgan fingerprint density at radius 3 is 1.38 bits per heavy atom. The summed E-state index contributed by atoms with van der Waals surface area (Å²) in [7, 11) is 3.30. The third-order valence-electron chi connectivity index (χ3n) is 13.8. The predicted molar refractivity (Wildman–Crippen MR) is 257 cm³/mol. The molecule has 16 nitrogen and oxygen atoms in total. The summed E-state index contributed by atoms with van der Waals surface area (Å²) in [6.45, 7) is 7.26. The normalized spacial score (nSPS) is 22.2. The Labute approximate surface area is 401 Å². The summed E-state index contributed by atoms with van der Waals surface area (Å²) in [5.74, 6) is 9.10. The van der Waals surface area contributed by atoms with Crippen LogP contribution in [0, 0.1) is 23.7 Å². The average Bonchev–Trinajstić information content (AvgIpc) is 4.06. The number of likely N-dealkylation sites (tertiary alicyclic amines) is 2. The van der Waals surface area contributed by atoms with Crippen molar-refractivity contribution in [2.75, 3.05) is 40.4 Å². The van der Waals surface area contributed by atoms with Gasteiger partial charge in [0.2, 0.25) is 35.4 Å². The molecule has 68 heavy (non-hydrogen) atoms. The monoisotopic (exact) mass is 935 g/mol. The number of ether oxygens (including phenoxy) is 2. The van der Waals surface area contributed by atoms with Crippen molar-refractivity contribution >= 4 is 35.4 Å². The van der Waals surface area contributed by atoms with Gasteiger partial charge < -0.3 is 51.2 Å². The topological polar surface area (TPSA) is 200 Å². The molecular weight excluding hydrogens is 865 g/mol. The summed E-state index contributed by atoms with van der Waals surface area (Å²) in [6.07, 6.45) is 6.21. The van der Waals surface area contributed by atoms with Gasteiger partial charge in [-0.15, -0.1) is 0 Å². The Morgan fingerprint density at radius 1 is 0.588 bits per heavy atom. The molecule has 2 aromatic rings. The molecule has 2 heterocycles. The molecule has 366 valence electrons. The number of nitrogens with one attached hydrogen (secondary N) is 6. The highest BCUT2D eigenvalue weighted by Crippen LogP contribution is 2.32. The van der Waals surface area contributed by atoms with Crippen molar-refractivity contribution in [3.05, 3.63) is 70.8 Å². The molecule has 0 bridgehead atoms. The first-order valence-electron chi connectivity index (χ1n) is 24.3. The lowest BCUT2D eigenvalue weighted by Crippen LogP contribution is -2.59. The minimum absolute atomic E-state index is 0.108. The number of carbonyl (C=O) groups is 6. The molecule has 16 heteroatoms. The number of hydrogen-bond acceptors (Lipinski definition) is 10. The van der Waals surface area contributed by atoms with Crippen molar-refractivity contribution in [1.29, 1.82) is 0 Å². The van der Waals surface area contributed by atoms with Gasteiger partial charge in [-0.2, -0.15) is 0 Å². The molecule has 2 saturated heterocycles. The number of nitrogens with zero attached hydrogens (tertiary/aromatic N) is 2. The summed E-state index contributed by atoms with van der Waals surface area (Å²) < 4.78 is 12.0. The van der Waals surface area contributed by atoms with Gasteiger partial charge in [0.1, 0.15) is 37.4 Å². The average molecular weight is 935 g/mol. The SMILES string of the molecule is CN[C@@H](C)C(=O)N[C@H](C(=O)N1CCCC1C(=O)N[C@@H]1CCCc2ccccc21)C(C)OCC#CC#CCOC(C)[C@H](NC(=O)[C@H](C)NC)C(=O)N1CCCC1C(=O)N[C@@H]1CCCc2ccccc21. The Bertz CT molecular complexity index is 2090. The van der Waals surface area contributed by atoms with Crippen molar-refractivity contribution in [3.63, 3.8) is 0 Å². The van der Waals surface area contributed by atoms with Crippen molar-refractivity contribution in [1.82, 2.24) is 41.7 Å². The number of amides is 6. The molecule has 10 atom stereocenters. The number of carbonyl (C=O) groups excluding carboxylic acids is 6. The highest BCUT2D eigenvalue weighted by Gasteiger charge is 2.43. The van der Waals surface area contributed by atoms with Gasteiger partial charge in [-0.3, -0.25) is 28.8 Å². The molecule has 0 aromatic heterocycles. The fraction of sp³-hybridized carbons (Fsp3) is 0.577. The van der Waals surface area contributed by atoms with Crippen LogP contribution in [0.4, 0.5) is 0 Å². The van der Waals surface area contributed by atoms with Crippen LogP contribution in [0.15, 0.2) is 48.5 Å². The fourth-order valence-corrected chi connectivity index (χ4v) is 9.58. The van der Waals surface area contributed by atoms with Gasteiger partial charge >= 0.3 is 0 Å². The van der Waals surface area contributed by atoms with Crippen LogP contribution in [0.5, 0.6) is 0 Å². The second-order valence-corrected chi connectivity index (χ2v) is 18.3. The van der Waals surface area contributed by atoms with Crippen LogP contribution in [-0.2, 0) is 51.1 Å². The molecule has 2 aliphatic carbocycles. The van der Waals surface area contributed by atoms with Crippen molar-refractivity contribution in [3.8, 4) is 23.7 Å². The van der Waals surface area contributed by atoms with Gasteiger partial charge in [0.05, 0.1) is 36.4 Å². The lowest BCUT2D eigenvalue weighted by molar-refractivity contribution is -0.145. The molecule has 6 amide bonds. The van der Waals surface area contributed by atoms with Crippen LogP contribution >= 0.6 is 0 Å². The third kappa shape index (κ3) is 13.0. The van der Waals surface area contributed by atoms with E-state index in [4.69, 9.17) is 9.47 Å².